The maximum absolute atomic E-state index is 5.87. The van der Waals surface area contributed by atoms with Crippen molar-refractivity contribution in [2.75, 3.05) is 0 Å². The van der Waals surface area contributed by atoms with Crippen LogP contribution in [0.5, 0.6) is 11.8 Å². The minimum atomic E-state index is -0.0353. The Labute approximate surface area is 130 Å². The van der Waals surface area contributed by atoms with Crippen molar-refractivity contribution in [1.82, 2.24) is 9.97 Å². The Morgan fingerprint density at radius 1 is 1.19 bits per heavy atom. The monoisotopic (exact) mass is 301 g/mol. The number of nitrogens with two attached hydrogens (primary N) is 1. The molecule has 0 spiro atoms. The Bertz CT molecular complexity index is 677. The molecule has 0 radical (unpaired) electrons. The van der Waals surface area contributed by atoms with Crippen molar-refractivity contribution in [1.29, 1.82) is 0 Å². The molecule has 1 aromatic heterocycles. The van der Waals surface area contributed by atoms with Gasteiger partial charge in [-0.2, -0.15) is 4.98 Å². The van der Waals surface area contributed by atoms with Crippen molar-refractivity contribution in [3.05, 3.63) is 47.3 Å². The van der Waals surface area contributed by atoms with E-state index >= 15 is 0 Å². The summed E-state index contributed by atoms with van der Waals surface area (Å²) >= 11 is 4.96. The highest BCUT2D eigenvalue weighted by atomic mass is 32.1. The fraction of sp³-hybridized carbons (Fsp3) is 0.312. The van der Waals surface area contributed by atoms with E-state index in [1.165, 1.54) is 0 Å². The molecule has 0 fully saturated rings. The highest BCUT2D eigenvalue weighted by molar-refractivity contribution is 7.80. The third-order valence-corrected chi connectivity index (χ3v) is 3.19. The number of hydrogen-bond acceptors (Lipinski definition) is 4. The molecule has 2 aromatic rings. The SMILES string of the molecule is Cc1cc(C(N)=S)nc(Oc2ccccc2C(C)(C)C)n1. The molecule has 0 saturated heterocycles. The predicted molar refractivity (Wildman–Crippen MR) is 87.9 cm³/mol. The van der Waals surface area contributed by atoms with Crippen LogP contribution < -0.4 is 10.5 Å². The van der Waals surface area contributed by atoms with Crippen molar-refractivity contribution in [2.45, 2.75) is 33.1 Å². The van der Waals surface area contributed by atoms with Gasteiger partial charge in [-0.15, -0.1) is 0 Å². The van der Waals surface area contributed by atoms with Crippen LogP contribution in [0.2, 0.25) is 0 Å². The molecule has 0 bridgehead atoms. The maximum atomic E-state index is 5.87. The second-order valence-corrected chi connectivity index (χ2v) is 6.33. The van der Waals surface area contributed by atoms with Gasteiger partial charge >= 0.3 is 6.01 Å². The molecule has 1 aromatic carbocycles. The molecular formula is C16H19N3OS. The molecule has 2 N–H and O–H groups in total. The van der Waals surface area contributed by atoms with Gasteiger partial charge in [0.15, 0.2) is 0 Å². The van der Waals surface area contributed by atoms with Gasteiger partial charge in [0.2, 0.25) is 0 Å². The summed E-state index contributed by atoms with van der Waals surface area (Å²) in [6, 6.07) is 9.87. The Morgan fingerprint density at radius 2 is 1.86 bits per heavy atom. The number of ether oxygens (including phenoxy) is 1. The quantitative estimate of drug-likeness (QED) is 0.879. The van der Waals surface area contributed by atoms with Crippen molar-refractivity contribution < 1.29 is 4.74 Å². The first kappa shape index (κ1) is 15.4. The van der Waals surface area contributed by atoms with Crippen molar-refractivity contribution in [2.24, 2.45) is 5.73 Å². The van der Waals surface area contributed by atoms with E-state index in [0.717, 1.165) is 17.0 Å². The van der Waals surface area contributed by atoms with Crippen LogP contribution >= 0.6 is 12.2 Å². The van der Waals surface area contributed by atoms with Crippen LogP contribution in [0.4, 0.5) is 0 Å². The standard InChI is InChI=1S/C16H19N3OS/c1-10-9-12(14(17)21)19-15(18-10)20-13-8-6-5-7-11(13)16(2,3)4/h5-9H,1-4H3,(H2,17,21). The first-order valence-electron chi connectivity index (χ1n) is 6.70. The van der Waals surface area contributed by atoms with Crippen LogP contribution in [0, 0.1) is 6.92 Å². The van der Waals surface area contributed by atoms with Crippen LogP contribution in [-0.2, 0) is 5.41 Å². The Morgan fingerprint density at radius 3 is 2.48 bits per heavy atom. The summed E-state index contributed by atoms with van der Waals surface area (Å²) in [5, 5.41) is 0. The molecule has 0 unspecified atom stereocenters. The number of aromatic nitrogens is 2. The van der Waals surface area contributed by atoms with E-state index in [1.54, 1.807) is 6.07 Å². The van der Waals surface area contributed by atoms with E-state index in [4.69, 9.17) is 22.7 Å². The van der Waals surface area contributed by atoms with E-state index in [-0.39, 0.29) is 16.4 Å². The third-order valence-electron chi connectivity index (χ3n) is 2.98. The van der Waals surface area contributed by atoms with Gasteiger partial charge in [0.1, 0.15) is 16.4 Å². The molecule has 4 nitrogen and oxygen atoms in total. The third kappa shape index (κ3) is 3.76. The Balaban J connectivity index is 2.42. The maximum Gasteiger partial charge on any atom is 0.322 e. The molecule has 0 aliphatic heterocycles. The van der Waals surface area contributed by atoms with Crippen LogP contribution in [0.25, 0.3) is 0 Å². The molecule has 0 saturated carbocycles. The summed E-state index contributed by atoms with van der Waals surface area (Å²) < 4.78 is 5.87. The number of benzene rings is 1. The number of thiocarbonyl (C=S) groups is 1. The average molecular weight is 301 g/mol. The highest BCUT2D eigenvalue weighted by Crippen LogP contribution is 2.33. The van der Waals surface area contributed by atoms with Crippen molar-refractivity contribution in [3.63, 3.8) is 0 Å². The lowest BCUT2D eigenvalue weighted by molar-refractivity contribution is 0.421. The zero-order valence-electron chi connectivity index (χ0n) is 12.7. The van der Waals surface area contributed by atoms with Gasteiger partial charge in [-0.3, -0.25) is 0 Å². The largest absolute Gasteiger partial charge is 0.424 e. The highest BCUT2D eigenvalue weighted by Gasteiger charge is 2.19. The topological polar surface area (TPSA) is 61.0 Å². The normalized spacial score (nSPS) is 11.2. The minimum absolute atomic E-state index is 0.0353. The number of para-hydroxylation sites is 1. The summed E-state index contributed by atoms with van der Waals surface area (Å²) in [5.41, 5.74) is 7.96. The zero-order chi connectivity index (χ0) is 15.6. The predicted octanol–water partition coefficient (Wildman–Crippen LogP) is 3.51. The molecule has 0 amide bonds. The van der Waals surface area contributed by atoms with E-state index in [1.807, 2.05) is 31.2 Å². The molecule has 0 aliphatic carbocycles. The average Bonchev–Trinajstić information content (AvgIpc) is 2.37. The van der Waals surface area contributed by atoms with Gasteiger partial charge < -0.3 is 10.5 Å². The Kier molecular flexibility index (Phi) is 4.23. The van der Waals surface area contributed by atoms with Gasteiger partial charge in [0.25, 0.3) is 0 Å². The fourth-order valence-corrected chi connectivity index (χ4v) is 2.09. The number of aryl methyl sites for hydroxylation is 1. The second-order valence-electron chi connectivity index (χ2n) is 5.89. The van der Waals surface area contributed by atoms with Crippen molar-refractivity contribution >= 4 is 17.2 Å². The van der Waals surface area contributed by atoms with Gasteiger partial charge in [-0.1, -0.05) is 51.2 Å². The summed E-state index contributed by atoms with van der Waals surface area (Å²) in [7, 11) is 0. The molecule has 21 heavy (non-hydrogen) atoms. The lowest BCUT2D eigenvalue weighted by Gasteiger charge is -2.22. The van der Waals surface area contributed by atoms with Gasteiger partial charge in [0.05, 0.1) is 0 Å². The van der Waals surface area contributed by atoms with Crippen LogP contribution in [-0.4, -0.2) is 15.0 Å². The first-order valence-corrected chi connectivity index (χ1v) is 7.11. The van der Waals surface area contributed by atoms with Gasteiger partial charge in [-0.05, 0) is 24.5 Å². The zero-order valence-corrected chi connectivity index (χ0v) is 13.5. The van der Waals surface area contributed by atoms with E-state index in [0.29, 0.717) is 5.69 Å². The fourth-order valence-electron chi connectivity index (χ4n) is 1.99. The molecule has 5 heteroatoms. The van der Waals surface area contributed by atoms with E-state index in [9.17, 15) is 0 Å². The van der Waals surface area contributed by atoms with Gasteiger partial charge in [0, 0.05) is 11.3 Å². The summed E-state index contributed by atoms with van der Waals surface area (Å²) in [6.45, 7) is 8.25. The van der Waals surface area contributed by atoms with Crippen molar-refractivity contribution in [3.8, 4) is 11.8 Å². The molecule has 2 rings (SSSR count). The van der Waals surface area contributed by atoms with Crippen LogP contribution in [0.3, 0.4) is 0 Å². The van der Waals surface area contributed by atoms with Gasteiger partial charge in [-0.25, -0.2) is 4.98 Å². The summed E-state index contributed by atoms with van der Waals surface area (Å²) in [6.07, 6.45) is 0. The van der Waals surface area contributed by atoms with E-state index < -0.39 is 0 Å². The van der Waals surface area contributed by atoms with E-state index in [2.05, 4.69) is 30.7 Å². The first-order chi connectivity index (χ1) is 9.77. The second kappa shape index (κ2) is 5.77. The number of hydrogen-bond donors (Lipinski definition) is 1. The minimum Gasteiger partial charge on any atom is -0.424 e. The lowest BCUT2D eigenvalue weighted by Crippen LogP contribution is -2.14. The lowest BCUT2D eigenvalue weighted by atomic mass is 9.86. The Hall–Kier alpha value is -2.01. The summed E-state index contributed by atoms with van der Waals surface area (Å²) in [4.78, 5) is 8.77. The molecule has 110 valence electrons. The molecule has 0 aliphatic rings. The van der Waals surface area contributed by atoms with Crippen LogP contribution in [0.1, 0.15) is 37.7 Å². The summed E-state index contributed by atoms with van der Waals surface area (Å²) in [5.74, 6) is 0.740. The van der Waals surface area contributed by atoms with Crippen LogP contribution in [0.15, 0.2) is 30.3 Å². The smallest absolute Gasteiger partial charge is 0.322 e. The molecular weight excluding hydrogens is 282 g/mol. The molecule has 0 atom stereocenters. The number of rotatable bonds is 3. The molecule has 1 heterocycles. The number of nitrogens with zero attached hydrogens (tertiary/aromatic N) is 2.